The first-order valence-corrected chi connectivity index (χ1v) is 6.04. The van der Waals surface area contributed by atoms with Crippen molar-refractivity contribution in [1.82, 2.24) is 15.0 Å². The summed E-state index contributed by atoms with van der Waals surface area (Å²) in [6.07, 6.45) is 5.08. The Morgan fingerprint density at radius 3 is 2.90 bits per heavy atom. The fourth-order valence-corrected chi connectivity index (χ4v) is 2.14. The number of H-pyrrole nitrogens is 1. The van der Waals surface area contributed by atoms with E-state index in [0.717, 1.165) is 16.5 Å². The monoisotopic (exact) mass is 262 g/mol. The Kier molecular flexibility index (Phi) is 2.77. The molecule has 0 unspecified atom stereocenters. The van der Waals surface area contributed by atoms with Crippen LogP contribution in [0.1, 0.15) is 11.1 Å². The first-order valence-electron chi connectivity index (χ1n) is 6.04. The normalized spacial score (nSPS) is 10.4. The van der Waals surface area contributed by atoms with E-state index in [1.54, 1.807) is 30.7 Å². The number of nitrogens with zero attached hydrogens (tertiary/aromatic N) is 3. The van der Waals surface area contributed by atoms with Crippen LogP contribution in [0.3, 0.4) is 0 Å². The second-order valence-electron chi connectivity index (χ2n) is 4.44. The average molecular weight is 262 g/mol. The van der Waals surface area contributed by atoms with E-state index in [2.05, 4.69) is 15.0 Å². The molecule has 3 rings (SSSR count). The molecule has 0 amide bonds. The van der Waals surface area contributed by atoms with E-state index in [9.17, 15) is 4.79 Å². The second-order valence-corrected chi connectivity index (χ2v) is 4.44. The highest BCUT2D eigenvalue weighted by Gasteiger charge is 2.10. The highest BCUT2D eigenvalue weighted by atomic mass is 16.1. The Hall–Kier alpha value is -3.00. The van der Waals surface area contributed by atoms with Crippen molar-refractivity contribution < 1.29 is 0 Å². The van der Waals surface area contributed by atoms with Crippen LogP contribution in [0.2, 0.25) is 0 Å². The zero-order valence-corrected chi connectivity index (χ0v) is 10.7. The van der Waals surface area contributed by atoms with Crippen LogP contribution in [0.4, 0.5) is 0 Å². The van der Waals surface area contributed by atoms with Gasteiger partial charge in [-0.25, -0.2) is 0 Å². The highest BCUT2D eigenvalue weighted by molar-refractivity contribution is 5.93. The number of pyridine rings is 3. The molecule has 0 aliphatic heterocycles. The van der Waals surface area contributed by atoms with Gasteiger partial charge in [-0.05, 0) is 30.7 Å². The van der Waals surface area contributed by atoms with Gasteiger partial charge in [0.25, 0.3) is 5.56 Å². The maximum atomic E-state index is 11.7. The molecule has 3 aromatic heterocycles. The van der Waals surface area contributed by atoms with Gasteiger partial charge in [-0.3, -0.25) is 14.8 Å². The number of hydrogen-bond acceptors (Lipinski definition) is 4. The third-order valence-electron chi connectivity index (χ3n) is 3.19. The van der Waals surface area contributed by atoms with Crippen molar-refractivity contribution in [3.05, 3.63) is 58.3 Å². The maximum Gasteiger partial charge on any atom is 0.266 e. The van der Waals surface area contributed by atoms with Crippen molar-refractivity contribution in [1.29, 1.82) is 5.26 Å². The quantitative estimate of drug-likeness (QED) is 0.728. The standard InChI is InChI=1S/C15H10N4O/c1-9-2-4-17-8-12(9)14-11-6-10(7-16)15(20)19-13(11)3-5-18-14/h2-6,8H,1H3,(H,19,20). The van der Waals surface area contributed by atoms with Crippen LogP contribution in [0.25, 0.3) is 22.2 Å². The summed E-state index contributed by atoms with van der Waals surface area (Å²) in [6.45, 7) is 1.97. The van der Waals surface area contributed by atoms with Crippen LogP contribution in [-0.4, -0.2) is 15.0 Å². The fraction of sp³-hybridized carbons (Fsp3) is 0.0667. The van der Waals surface area contributed by atoms with Gasteiger partial charge >= 0.3 is 0 Å². The van der Waals surface area contributed by atoms with Crippen molar-refractivity contribution in [2.45, 2.75) is 6.92 Å². The molecule has 0 saturated carbocycles. The summed E-state index contributed by atoms with van der Waals surface area (Å²) >= 11 is 0. The Bertz CT molecular complexity index is 906. The minimum absolute atomic E-state index is 0.0771. The van der Waals surface area contributed by atoms with Crippen LogP contribution in [0.5, 0.6) is 0 Å². The summed E-state index contributed by atoms with van der Waals surface area (Å²) < 4.78 is 0. The Morgan fingerprint density at radius 1 is 1.30 bits per heavy atom. The number of hydrogen-bond donors (Lipinski definition) is 1. The average Bonchev–Trinajstić information content (AvgIpc) is 2.46. The van der Waals surface area contributed by atoms with Crippen molar-refractivity contribution in [3.63, 3.8) is 0 Å². The zero-order valence-electron chi connectivity index (χ0n) is 10.7. The number of fused-ring (bicyclic) bond motifs is 1. The number of rotatable bonds is 1. The van der Waals surface area contributed by atoms with Gasteiger partial charge in [-0.15, -0.1) is 0 Å². The Labute approximate surface area is 114 Å². The molecule has 0 bridgehead atoms. The first-order chi connectivity index (χ1) is 9.70. The topological polar surface area (TPSA) is 82.4 Å². The molecule has 0 radical (unpaired) electrons. The van der Waals surface area contributed by atoms with Crippen molar-refractivity contribution in [2.24, 2.45) is 0 Å². The molecule has 5 nitrogen and oxygen atoms in total. The largest absolute Gasteiger partial charge is 0.321 e. The lowest BCUT2D eigenvalue weighted by Crippen LogP contribution is -2.10. The Morgan fingerprint density at radius 2 is 2.15 bits per heavy atom. The third-order valence-corrected chi connectivity index (χ3v) is 3.19. The summed E-state index contributed by atoms with van der Waals surface area (Å²) in [5.41, 5.74) is 2.97. The summed E-state index contributed by atoms with van der Waals surface area (Å²) in [6, 6.07) is 7.08. The van der Waals surface area contributed by atoms with E-state index in [1.165, 1.54) is 0 Å². The van der Waals surface area contributed by atoms with Gasteiger partial charge in [0, 0.05) is 29.5 Å². The van der Waals surface area contributed by atoms with Crippen LogP contribution in [0, 0.1) is 18.3 Å². The first kappa shape index (κ1) is 12.1. The smallest absolute Gasteiger partial charge is 0.266 e. The predicted molar refractivity (Wildman–Crippen MR) is 75.0 cm³/mol. The van der Waals surface area contributed by atoms with Gasteiger partial charge in [0.05, 0.1) is 11.2 Å². The van der Waals surface area contributed by atoms with Gasteiger partial charge in [-0.2, -0.15) is 5.26 Å². The van der Waals surface area contributed by atoms with E-state index in [0.29, 0.717) is 11.2 Å². The molecule has 0 atom stereocenters. The van der Waals surface area contributed by atoms with Crippen LogP contribution in [-0.2, 0) is 0 Å². The number of aromatic amines is 1. The number of aryl methyl sites for hydroxylation is 1. The number of aromatic nitrogens is 3. The molecule has 0 aliphatic rings. The van der Waals surface area contributed by atoms with Gasteiger partial charge < -0.3 is 4.98 Å². The summed E-state index contributed by atoms with van der Waals surface area (Å²) in [7, 11) is 0. The third kappa shape index (κ3) is 1.84. The van der Waals surface area contributed by atoms with Crippen molar-refractivity contribution in [2.75, 3.05) is 0 Å². The van der Waals surface area contributed by atoms with E-state index >= 15 is 0 Å². The second kappa shape index (κ2) is 4.59. The molecule has 0 fully saturated rings. The molecule has 96 valence electrons. The van der Waals surface area contributed by atoms with E-state index in [1.807, 2.05) is 19.1 Å². The lowest BCUT2D eigenvalue weighted by Gasteiger charge is -2.08. The molecule has 20 heavy (non-hydrogen) atoms. The van der Waals surface area contributed by atoms with Crippen LogP contribution in [0.15, 0.2) is 41.6 Å². The molecule has 0 aromatic carbocycles. The molecule has 0 aliphatic carbocycles. The minimum atomic E-state index is -0.389. The molecule has 5 heteroatoms. The van der Waals surface area contributed by atoms with Gasteiger partial charge in [0.15, 0.2) is 0 Å². The van der Waals surface area contributed by atoms with Crippen molar-refractivity contribution >= 4 is 10.9 Å². The molecule has 3 aromatic rings. The SMILES string of the molecule is Cc1ccncc1-c1nccc2[nH]c(=O)c(C#N)cc12. The van der Waals surface area contributed by atoms with Gasteiger partial charge in [-0.1, -0.05) is 0 Å². The van der Waals surface area contributed by atoms with Crippen molar-refractivity contribution in [3.8, 4) is 17.3 Å². The summed E-state index contributed by atoms with van der Waals surface area (Å²) in [4.78, 5) is 22.9. The molecule has 0 saturated heterocycles. The fourth-order valence-electron chi connectivity index (χ4n) is 2.14. The summed E-state index contributed by atoms with van der Waals surface area (Å²) in [5.74, 6) is 0. The van der Waals surface area contributed by atoms with E-state index in [-0.39, 0.29) is 11.1 Å². The molecular weight excluding hydrogens is 252 g/mol. The lowest BCUT2D eigenvalue weighted by atomic mass is 10.0. The van der Waals surface area contributed by atoms with E-state index < -0.39 is 0 Å². The highest BCUT2D eigenvalue weighted by Crippen LogP contribution is 2.26. The van der Waals surface area contributed by atoms with Crippen LogP contribution < -0.4 is 5.56 Å². The van der Waals surface area contributed by atoms with Gasteiger partial charge in [0.2, 0.25) is 0 Å². The van der Waals surface area contributed by atoms with Gasteiger partial charge in [0.1, 0.15) is 11.6 Å². The summed E-state index contributed by atoms with van der Waals surface area (Å²) in [5, 5.41) is 9.73. The number of nitriles is 1. The Balaban J connectivity index is 2.41. The van der Waals surface area contributed by atoms with Crippen LogP contribution >= 0.6 is 0 Å². The predicted octanol–water partition coefficient (Wildman–Crippen LogP) is 2.17. The molecular formula is C15H10N4O. The zero-order chi connectivity index (χ0) is 14.1. The molecule has 0 spiro atoms. The molecule has 3 heterocycles. The minimum Gasteiger partial charge on any atom is -0.321 e. The maximum absolute atomic E-state index is 11.7. The lowest BCUT2D eigenvalue weighted by molar-refractivity contribution is 1.23. The van der Waals surface area contributed by atoms with E-state index in [4.69, 9.17) is 5.26 Å². The number of nitrogens with one attached hydrogen (secondary N) is 1. The molecule has 1 N–H and O–H groups in total.